The van der Waals surface area contributed by atoms with Crippen molar-refractivity contribution in [1.29, 1.82) is 0 Å². The molecule has 1 heterocycles. The molecule has 1 aromatic rings. The number of hydrogen-bond donors (Lipinski definition) is 7. The van der Waals surface area contributed by atoms with Crippen LogP contribution in [0.2, 0.25) is 0 Å². The molecule has 1 rings (SSSR count). The van der Waals surface area contributed by atoms with Crippen molar-refractivity contribution in [2.75, 3.05) is 62.2 Å². The zero-order valence-electron chi connectivity index (χ0n) is 12.6. The van der Waals surface area contributed by atoms with Crippen LogP contribution in [0.1, 0.15) is 0 Å². The third-order valence-corrected chi connectivity index (χ3v) is 2.47. The van der Waals surface area contributed by atoms with Gasteiger partial charge in [-0.05, 0) is 0 Å². The minimum absolute atomic E-state index is 0.168. The number of aliphatic hydroxyl groups is 7. The molecule has 0 atom stereocenters. The van der Waals surface area contributed by atoms with Crippen molar-refractivity contribution in [2.24, 2.45) is 0 Å². The van der Waals surface area contributed by atoms with Gasteiger partial charge >= 0.3 is 0 Å². The Kier molecular flexibility index (Phi) is 10.7. The maximum atomic E-state index is 9.11. The van der Waals surface area contributed by atoms with Gasteiger partial charge in [0.05, 0.1) is 0 Å². The van der Waals surface area contributed by atoms with Gasteiger partial charge in [-0.3, -0.25) is 14.7 Å². The first kappa shape index (κ1) is 21.1. The van der Waals surface area contributed by atoms with Gasteiger partial charge in [-0.25, -0.2) is 0 Å². The Bertz CT molecular complexity index is 354. The standard InChI is InChI=1S/C9H18N6O6.CH4O/c16-1-13(2-17)7-10-8(14(3-18)4-19)12-9(11-7)15(5-20)6-21;1-2/h16-21H,1-6H2;2H,1H3. The summed E-state index contributed by atoms with van der Waals surface area (Å²) in [6.07, 6.45) is 0. The van der Waals surface area contributed by atoms with Crippen LogP contribution in [0.3, 0.4) is 0 Å². The average molecular weight is 338 g/mol. The molecule has 0 fully saturated rings. The number of hydrogen-bond acceptors (Lipinski definition) is 13. The molecule has 0 unspecified atom stereocenters. The van der Waals surface area contributed by atoms with Gasteiger partial charge in [0.1, 0.15) is 40.4 Å². The lowest BCUT2D eigenvalue weighted by Gasteiger charge is -2.24. The van der Waals surface area contributed by atoms with Crippen LogP contribution in [0.4, 0.5) is 17.8 Å². The normalized spacial score (nSPS) is 9.91. The molecule has 23 heavy (non-hydrogen) atoms. The minimum Gasteiger partial charge on any atom is -0.400 e. The highest BCUT2D eigenvalue weighted by Gasteiger charge is 2.18. The fourth-order valence-electron chi connectivity index (χ4n) is 1.28. The summed E-state index contributed by atoms with van der Waals surface area (Å²) in [7, 11) is 1.00. The Labute approximate surface area is 131 Å². The molecular formula is C10H22N6O7. The van der Waals surface area contributed by atoms with Crippen molar-refractivity contribution in [3.63, 3.8) is 0 Å². The lowest BCUT2D eigenvalue weighted by Crippen LogP contribution is -2.34. The predicted molar refractivity (Wildman–Crippen MR) is 77.9 cm³/mol. The fourth-order valence-corrected chi connectivity index (χ4v) is 1.28. The van der Waals surface area contributed by atoms with Gasteiger partial charge in [-0.2, -0.15) is 15.0 Å². The summed E-state index contributed by atoms with van der Waals surface area (Å²) in [6, 6.07) is 0. The van der Waals surface area contributed by atoms with Crippen LogP contribution in [-0.2, 0) is 0 Å². The third-order valence-electron chi connectivity index (χ3n) is 2.47. The zero-order valence-corrected chi connectivity index (χ0v) is 12.6. The molecule has 0 aliphatic carbocycles. The van der Waals surface area contributed by atoms with E-state index in [4.69, 9.17) is 35.7 Å². The van der Waals surface area contributed by atoms with Gasteiger partial charge in [-0.1, -0.05) is 0 Å². The van der Waals surface area contributed by atoms with Gasteiger partial charge in [0, 0.05) is 7.11 Å². The first-order chi connectivity index (χ1) is 11.1. The van der Waals surface area contributed by atoms with Crippen LogP contribution in [0.25, 0.3) is 0 Å². The fraction of sp³-hybridized carbons (Fsp3) is 0.700. The molecule has 13 heteroatoms. The SMILES string of the molecule is CO.OCN(CO)c1nc(N(CO)CO)nc(N(CO)CO)n1. The maximum Gasteiger partial charge on any atom is 0.235 e. The molecular weight excluding hydrogens is 316 g/mol. The topological polar surface area (TPSA) is 190 Å². The molecule has 0 spiro atoms. The van der Waals surface area contributed by atoms with E-state index in [2.05, 4.69) is 15.0 Å². The number of nitrogens with zero attached hydrogens (tertiary/aromatic N) is 6. The summed E-state index contributed by atoms with van der Waals surface area (Å²) in [5.41, 5.74) is 0. The van der Waals surface area contributed by atoms with Crippen molar-refractivity contribution in [3.8, 4) is 0 Å². The Balaban J connectivity index is 0.00000232. The van der Waals surface area contributed by atoms with Crippen molar-refractivity contribution in [1.82, 2.24) is 15.0 Å². The first-order valence-corrected chi connectivity index (χ1v) is 6.25. The van der Waals surface area contributed by atoms with Crippen molar-refractivity contribution in [2.45, 2.75) is 0 Å². The molecule has 0 radical (unpaired) electrons. The lowest BCUT2D eigenvalue weighted by atomic mass is 10.6. The zero-order chi connectivity index (χ0) is 17.8. The molecule has 0 aliphatic heterocycles. The van der Waals surface area contributed by atoms with Crippen LogP contribution in [0.15, 0.2) is 0 Å². The molecule has 134 valence electrons. The van der Waals surface area contributed by atoms with E-state index < -0.39 is 40.4 Å². The van der Waals surface area contributed by atoms with Crippen LogP contribution in [-0.4, -0.2) is 98.2 Å². The third kappa shape index (κ3) is 5.68. The van der Waals surface area contributed by atoms with E-state index in [1.807, 2.05) is 0 Å². The van der Waals surface area contributed by atoms with Crippen molar-refractivity contribution >= 4 is 17.8 Å². The first-order valence-electron chi connectivity index (χ1n) is 6.25. The van der Waals surface area contributed by atoms with E-state index in [1.54, 1.807) is 0 Å². The van der Waals surface area contributed by atoms with E-state index in [1.165, 1.54) is 0 Å². The van der Waals surface area contributed by atoms with Gasteiger partial charge < -0.3 is 35.7 Å². The second kappa shape index (κ2) is 11.7. The molecule has 7 N–H and O–H groups in total. The van der Waals surface area contributed by atoms with Crippen molar-refractivity contribution in [3.05, 3.63) is 0 Å². The van der Waals surface area contributed by atoms with Crippen LogP contribution < -0.4 is 14.7 Å². The highest BCUT2D eigenvalue weighted by molar-refractivity contribution is 5.45. The number of anilines is 3. The molecule has 1 aromatic heterocycles. The monoisotopic (exact) mass is 338 g/mol. The summed E-state index contributed by atoms with van der Waals surface area (Å²) in [5.74, 6) is -0.503. The molecule has 0 aromatic carbocycles. The highest BCUT2D eigenvalue weighted by atomic mass is 16.3. The summed E-state index contributed by atoms with van der Waals surface area (Å²) in [6.45, 7) is -3.61. The predicted octanol–water partition coefficient (Wildman–Crippen LogP) is -4.40. The quantitative estimate of drug-likeness (QED) is 0.214. The molecule has 0 saturated carbocycles. The molecule has 13 nitrogen and oxygen atoms in total. The second-order valence-electron chi connectivity index (χ2n) is 3.70. The van der Waals surface area contributed by atoms with Gasteiger partial charge in [0.15, 0.2) is 0 Å². The van der Waals surface area contributed by atoms with Crippen LogP contribution in [0, 0.1) is 0 Å². The van der Waals surface area contributed by atoms with E-state index in [0.717, 1.165) is 21.8 Å². The Morgan fingerprint density at radius 1 is 0.522 bits per heavy atom. The smallest absolute Gasteiger partial charge is 0.235 e. The largest absolute Gasteiger partial charge is 0.400 e. The second-order valence-corrected chi connectivity index (χ2v) is 3.70. The van der Waals surface area contributed by atoms with Crippen LogP contribution in [0.5, 0.6) is 0 Å². The van der Waals surface area contributed by atoms with E-state index >= 15 is 0 Å². The summed E-state index contributed by atoms with van der Waals surface area (Å²) in [5, 5.41) is 61.6. The summed E-state index contributed by atoms with van der Waals surface area (Å²) < 4.78 is 0. The van der Waals surface area contributed by atoms with Gasteiger partial charge in [0.2, 0.25) is 17.8 Å². The Morgan fingerprint density at radius 2 is 0.696 bits per heavy atom. The van der Waals surface area contributed by atoms with Gasteiger partial charge in [-0.15, -0.1) is 0 Å². The van der Waals surface area contributed by atoms with Crippen LogP contribution >= 0.6 is 0 Å². The summed E-state index contributed by atoms with van der Waals surface area (Å²) in [4.78, 5) is 14.5. The molecule has 0 bridgehead atoms. The molecule has 0 amide bonds. The Morgan fingerprint density at radius 3 is 0.826 bits per heavy atom. The lowest BCUT2D eigenvalue weighted by molar-refractivity contribution is 0.214. The Hall–Kier alpha value is -1.87. The summed E-state index contributed by atoms with van der Waals surface area (Å²) >= 11 is 0. The number of aromatic nitrogens is 3. The molecule has 0 aliphatic rings. The van der Waals surface area contributed by atoms with E-state index in [0.29, 0.717) is 0 Å². The number of aliphatic hydroxyl groups excluding tert-OH is 7. The minimum atomic E-state index is -0.601. The van der Waals surface area contributed by atoms with Crippen molar-refractivity contribution < 1.29 is 35.7 Å². The average Bonchev–Trinajstić information content (AvgIpc) is 2.60. The number of rotatable bonds is 9. The molecule has 0 saturated heterocycles. The van der Waals surface area contributed by atoms with E-state index in [9.17, 15) is 0 Å². The van der Waals surface area contributed by atoms with Gasteiger partial charge in [0.25, 0.3) is 0 Å². The maximum absolute atomic E-state index is 9.11. The highest BCUT2D eigenvalue weighted by Crippen LogP contribution is 2.18. The van der Waals surface area contributed by atoms with E-state index in [-0.39, 0.29) is 17.8 Å².